The van der Waals surface area contributed by atoms with E-state index in [0.717, 1.165) is 5.69 Å². The highest BCUT2D eigenvalue weighted by Crippen LogP contribution is 2.17. The van der Waals surface area contributed by atoms with Gasteiger partial charge >= 0.3 is 0 Å². The zero-order valence-corrected chi connectivity index (χ0v) is 8.17. The van der Waals surface area contributed by atoms with Crippen LogP contribution < -0.4 is 5.32 Å². The fourth-order valence-corrected chi connectivity index (χ4v) is 1.11. The van der Waals surface area contributed by atoms with Crippen LogP contribution in [0, 0.1) is 13.8 Å². The highest BCUT2D eigenvalue weighted by molar-refractivity contribution is 5.55. The number of benzene rings is 1. The molecule has 0 spiro atoms. The van der Waals surface area contributed by atoms with Crippen LogP contribution in [0.3, 0.4) is 0 Å². The molecule has 0 unspecified atom stereocenters. The molecular formula is C12H15N. The molecule has 0 heterocycles. The van der Waals surface area contributed by atoms with E-state index in [9.17, 15) is 0 Å². The number of rotatable bonds is 3. The molecule has 0 aliphatic carbocycles. The maximum absolute atomic E-state index is 3.61. The number of hydrogen-bond donors (Lipinski definition) is 1. The molecule has 1 aromatic rings. The summed E-state index contributed by atoms with van der Waals surface area (Å²) in [5.41, 5.74) is 3.74. The summed E-state index contributed by atoms with van der Waals surface area (Å²) < 4.78 is 0. The van der Waals surface area contributed by atoms with Gasteiger partial charge in [0.2, 0.25) is 0 Å². The second kappa shape index (κ2) is 4.51. The first-order chi connectivity index (χ1) is 6.25. The van der Waals surface area contributed by atoms with Crippen molar-refractivity contribution in [3.63, 3.8) is 0 Å². The van der Waals surface area contributed by atoms with Crippen molar-refractivity contribution in [1.29, 1.82) is 0 Å². The lowest BCUT2D eigenvalue weighted by Crippen LogP contribution is -1.92. The topological polar surface area (TPSA) is 12.0 Å². The molecule has 13 heavy (non-hydrogen) atoms. The summed E-state index contributed by atoms with van der Waals surface area (Å²) in [5.74, 6) is 0. The Bertz CT molecular complexity index is 324. The van der Waals surface area contributed by atoms with Crippen LogP contribution >= 0.6 is 0 Å². The van der Waals surface area contributed by atoms with E-state index >= 15 is 0 Å². The summed E-state index contributed by atoms with van der Waals surface area (Å²) in [4.78, 5) is 0. The van der Waals surface area contributed by atoms with Gasteiger partial charge in [-0.05, 0) is 37.1 Å². The quantitative estimate of drug-likeness (QED) is 0.691. The average molecular weight is 173 g/mol. The lowest BCUT2D eigenvalue weighted by molar-refractivity contribution is 1.33. The SMILES string of the molecule is C=C/C=C\Nc1cccc(C)c1C. The largest absolute Gasteiger partial charge is 0.361 e. The average Bonchev–Trinajstić information content (AvgIpc) is 2.13. The van der Waals surface area contributed by atoms with Crippen LogP contribution in [0.15, 0.2) is 43.1 Å². The first kappa shape index (κ1) is 9.59. The zero-order valence-electron chi connectivity index (χ0n) is 8.17. The van der Waals surface area contributed by atoms with E-state index in [1.807, 2.05) is 18.3 Å². The van der Waals surface area contributed by atoms with Crippen molar-refractivity contribution in [2.75, 3.05) is 5.32 Å². The lowest BCUT2D eigenvalue weighted by Gasteiger charge is -2.07. The zero-order chi connectivity index (χ0) is 9.68. The van der Waals surface area contributed by atoms with Gasteiger partial charge in [0.1, 0.15) is 0 Å². The third-order valence-corrected chi connectivity index (χ3v) is 2.08. The van der Waals surface area contributed by atoms with Crippen LogP contribution in [0.4, 0.5) is 5.69 Å². The monoisotopic (exact) mass is 173 g/mol. The Balaban J connectivity index is 2.82. The van der Waals surface area contributed by atoms with E-state index in [4.69, 9.17) is 0 Å². The summed E-state index contributed by atoms with van der Waals surface area (Å²) in [5, 5.41) is 3.20. The van der Waals surface area contributed by atoms with E-state index < -0.39 is 0 Å². The van der Waals surface area contributed by atoms with Gasteiger partial charge in [-0.25, -0.2) is 0 Å². The molecule has 0 aliphatic rings. The molecule has 0 aromatic heterocycles. The fraction of sp³-hybridized carbons (Fsp3) is 0.167. The molecule has 68 valence electrons. The number of anilines is 1. The molecule has 0 atom stereocenters. The Labute approximate surface area is 79.8 Å². The van der Waals surface area contributed by atoms with Crippen LogP contribution in [0.2, 0.25) is 0 Å². The molecule has 0 saturated carbocycles. The molecule has 1 rings (SSSR count). The molecule has 0 aliphatic heterocycles. The Morgan fingerprint density at radius 3 is 2.77 bits per heavy atom. The van der Waals surface area contributed by atoms with Gasteiger partial charge in [-0.15, -0.1) is 0 Å². The number of hydrogen-bond acceptors (Lipinski definition) is 1. The maximum atomic E-state index is 3.61. The minimum absolute atomic E-state index is 1.15. The van der Waals surface area contributed by atoms with Crippen LogP contribution in [0.1, 0.15) is 11.1 Å². The van der Waals surface area contributed by atoms with Gasteiger partial charge in [0.05, 0.1) is 0 Å². The number of allylic oxidation sites excluding steroid dienone is 2. The first-order valence-electron chi connectivity index (χ1n) is 4.36. The standard InChI is InChI=1S/C12H15N/c1-4-5-9-13-12-8-6-7-10(2)11(12)3/h4-9,13H,1H2,2-3H3/b9-5-. The molecule has 1 N–H and O–H groups in total. The molecule has 0 bridgehead atoms. The smallest absolute Gasteiger partial charge is 0.0412 e. The Hall–Kier alpha value is -1.50. The van der Waals surface area contributed by atoms with Crippen molar-refractivity contribution in [2.24, 2.45) is 0 Å². The maximum Gasteiger partial charge on any atom is 0.0412 e. The van der Waals surface area contributed by atoms with Gasteiger partial charge in [0.25, 0.3) is 0 Å². The van der Waals surface area contributed by atoms with Crippen molar-refractivity contribution in [2.45, 2.75) is 13.8 Å². The summed E-state index contributed by atoms with van der Waals surface area (Å²) in [6, 6.07) is 6.22. The molecule has 0 amide bonds. The molecular weight excluding hydrogens is 158 g/mol. The predicted molar refractivity (Wildman–Crippen MR) is 58.9 cm³/mol. The fourth-order valence-electron chi connectivity index (χ4n) is 1.11. The van der Waals surface area contributed by atoms with Crippen LogP contribution in [0.25, 0.3) is 0 Å². The molecule has 1 aromatic carbocycles. The minimum atomic E-state index is 1.15. The van der Waals surface area contributed by atoms with Crippen LogP contribution in [-0.2, 0) is 0 Å². The van der Waals surface area contributed by atoms with Gasteiger partial charge in [-0.3, -0.25) is 0 Å². The van der Waals surface area contributed by atoms with Gasteiger partial charge in [-0.2, -0.15) is 0 Å². The Kier molecular flexibility index (Phi) is 3.32. The molecule has 1 heteroatoms. The number of nitrogens with one attached hydrogen (secondary N) is 1. The van der Waals surface area contributed by atoms with Crippen molar-refractivity contribution in [1.82, 2.24) is 0 Å². The van der Waals surface area contributed by atoms with Gasteiger partial charge < -0.3 is 5.32 Å². The van der Waals surface area contributed by atoms with Crippen molar-refractivity contribution < 1.29 is 0 Å². The molecule has 0 radical (unpaired) electrons. The predicted octanol–water partition coefficient (Wildman–Crippen LogP) is 3.42. The Morgan fingerprint density at radius 1 is 1.31 bits per heavy atom. The van der Waals surface area contributed by atoms with Crippen molar-refractivity contribution in [3.8, 4) is 0 Å². The van der Waals surface area contributed by atoms with Gasteiger partial charge in [0.15, 0.2) is 0 Å². The summed E-state index contributed by atoms with van der Waals surface area (Å²) in [6.45, 7) is 7.82. The highest BCUT2D eigenvalue weighted by Gasteiger charge is 1.96. The van der Waals surface area contributed by atoms with E-state index in [1.54, 1.807) is 6.08 Å². The minimum Gasteiger partial charge on any atom is -0.361 e. The summed E-state index contributed by atoms with van der Waals surface area (Å²) in [7, 11) is 0. The second-order valence-corrected chi connectivity index (χ2v) is 2.99. The van der Waals surface area contributed by atoms with Crippen LogP contribution in [0.5, 0.6) is 0 Å². The molecule has 1 nitrogen and oxygen atoms in total. The summed E-state index contributed by atoms with van der Waals surface area (Å²) in [6.07, 6.45) is 5.51. The summed E-state index contributed by atoms with van der Waals surface area (Å²) >= 11 is 0. The highest BCUT2D eigenvalue weighted by atomic mass is 14.8. The van der Waals surface area contributed by atoms with E-state index in [-0.39, 0.29) is 0 Å². The molecule has 0 saturated heterocycles. The van der Waals surface area contributed by atoms with E-state index in [0.29, 0.717) is 0 Å². The second-order valence-electron chi connectivity index (χ2n) is 2.99. The molecule has 0 fully saturated rings. The van der Waals surface area contributed by atoms with Gasteiger partial charge in [-0.1, -0.05) is 24.8 Å². The van der Waals surface area contributed by atoms with Crippen LogP contribution in [-0.4, -0.2) is 0 Å². The number of aryl methyl sites for hydroxylation is 1. The Morgan fingerprint density at radius 2 is 2.08 bits per heavy atom. The third kappa shape index (κ3) is 2.48. The van der Waals surface area contributed by atoms with Crippen molar-refractivity contribution in [3.05, 3.63) is 54.3 Å². The van der Waals surface area contributed by atoms with E-state index in [1.165, 1.54) is 11.1 Å². The van der Waals surface area contributed by atoms with Gasteiger partial charge in [0, 0.05) is 11.9 Å². The van der Waals surface area contributed by atoms with Crippen molar-refractivity contribution >= 4 is 5.69 Å². The van der Waals surface area contributed by atoms with E-state index in [2.05, 4.69) is 37.9 Å². The third-order valence-electron chi connectivity index (χ3n) is 2.08. The lowest BCUT2D eigenvalue weighted by atomic mass is 10.1. The normalized spacial score (nSPS) is 10.3. The first-order valence-corrected chi connectivity index (χ1v) is 4.36.